The van der Waals surface area contributed by atoms with Gasteiger partial charge in [0.05, 0.1) is 18.3 Å². The number of nitrogens with zero attached hydrogens (tertiary/aromatic N) is 1. The maximum absolute atomic E-state index is 9.07. The predicted molar refractivity (Wildman–Crippen MR) is 49.2 cm³/mol. The van der Waals surface area contributed by atoms with Crippen molar-refractivity contribution < 1.29 is 9.47 Å². The first-order chi connectivity index (χ1) is 6.04. The molecule has 1 fully saturated rings. The molecule has 1 rings (SSSR count). The Morgan fingerprint density at radius 2 is 2.23 bits per heavy atom. The van der Waals surface area contributed by atoms with Crippen molar-refractivity contribution in [1.82, 2.24) is 0 Å². The van der Waals surface area contributed by atoms with E-state index < -0.39 is 5.60 Å². The van der Waals surface area contributed by atoms with Gasteiger partial charge in [0.15, 0.2) is 5.60 Å². The summed E-state index contributed by atoms with van der Waals surface area (Å²) in [4.78, 5) is 0. The van der Waals surface area contributed by atoms with E-state index in [0.29, 0.717) is 26.1 Å². The molecule has 1 unspecified atom stereocenters. The van der Waals surface area contributed by atoms with Crippen LogP contribution >= 0.6 is 0 Å². The Bertz CT molecular complexity index is 215. The summed E-state index contributed by atoms with van der Waals surface area (Å²) in [5.74, 6) is 0. The fourth-order valence-electron chi connectivity index (χ4n) is 1.85. The standard InChI is InChI=1S/C10H17NO2/c1-4-12-10(8-11)5-6-13-9(2,3)7-10/h4-7H2,1-3H3. The molecule has 1 saturated heterocycles. The van der Waals surface area contributed by atoms with Crippen LogP contribution in [0.2, 0.25) is 0 Å². The van der Waals surface area contributed by atoms with Crippen molar-refractivity contribution in [1.29, 1.82) is 5.26 Å². The highest BCUT2D eigenvalue weighted by molar-refractivity contribution is 5.07. The molecule has 0 N–H and O–H groups in total. The lowest BCUT2D eigenvalue weighted by molar-refractivity contribution is -0.143. The quantitative estimate of drug-likeness (QED) is 0.656. The smallest absolute Gasteiger partial charge is 0.159 e. The molecule has 3 nitrogen and oxygen atoms in total. The zero-order valence-corrected chi connectivity index (χ0v) is 8.59. The number of rotatable bonds is 2. The summed E-state index contributed by atoms with van der Waals surface area (Å²) in [6.45, 7) is 7.11. The molecule has 0 aromatic rings. The summed E-state index contributed by atoms with van der Waals surface area (Å²) in [5.41, 5.74) is -0.848. The average molecular weight is 183 g/mol. The van der Waals surface area contributed by atoms with Gasteiger partial charge in [-0.1, -0.05) is 0 Å². The second-order valence-corrected chi connectivity index (χ2v) is 4.07. The Kier molecular flexibility index (Phi) is 2.94. The molecule has 0 aromatic carbocycles. The molecule has 1 heterocycles. The highest BCUT2D eigenvalue weighted by Crippen LogP contribution is 2.34. The van der Waals surface area contributed by atoms with Gasteiger partial charge in [-0.25, -0.2) is 0 Å². The maximum Gasteiger partial charge on any atom is 0.159 e. The minimum atomic E-state index is -0.615. The molecule has 0 bridgehead atoms. The van der Waals surface area contributed by atoms with Crippen LogP contribution in [0.1, 0.15) is 33.6 Å². The van der Waals surface area contributed by atoms with Gasteiger partial charge < -0.3 is 9.47 Å². The lowest BCUT2D eigenvalue weighted by Gasteiger charge is -2.40. The summed E-state index contributed by atoms with van der Waals surface area (Å²) >= 11 is 0. The third-order valence-electron chi connectivity index (χ3n) is 2.33. The van der Waals surface area contributed by atoms with Crippen LogP contribution in [-0.4, -0.2) is 24.4 Å². The van der Waals surface area contributed by atoms with Crippen molar-refractivity contribution in [3.05, 3.63) is 0 Å². The third-order valence-corrected chi connectivity index (χ3v) is 2.33. The van der Waals surface area contributed by atoms with Crippen LogP contribution in [0.4, 0.5) is 0 Å². The van der Waals surface area contributed by atoms with Crippen molar-refractivity contribution in [2.24, 2.45) is 0 Å². The molecular weight excluding hydrogens is 166 g/mol. The lowest BCUT2D eigenvalue weighted by atomic mass is 9.85. The molecule has 74 valence electrons. The van der Waals surface area contributed by atoms with Crippen LogP contribution in [0.5, 0.6) is 0 Å². The molecule has 1 aliphatic heterocycles. The molecule has 0 aliphatic carbocycles. The summed E-state index contributed by atoms with van der Waals surface area (Å²) < 4.78 is 11.1. The molecule has 0 aromatic heterocycles. The van der Waals surface area contributed by atoms with Gasteiger partial charge in [0.2, 0.25) is 0 Å². The Morgan fingerprint density at radius 3 is 2.69 bits per heavy atom. The Hall–Kier alpha value is -0.590. The molecule has 3 heteroatoms. The van der Waals surface area contributed by atoms with E-state index in [9.17, 15) is 0 Å². The molecule has 0 radical (unpaired) electrons. The molecular formula is C10H17NO2. The summed E-state index contributed by atoms with van der Waals surface area (Å²) in [5, 5.41) is 9.07. The largest absolute Gasteiger partial charge is 0.375 e. The van der Waals surface area contributed by atoms with Gasteiger partial charge in [-0.15, -0.1) is 0 Å². The summed E-state index contributed by atoms with van der Waals surface area (Å²) in [6.07, 6.45) is 1.34. The Labute approximate surface area is 79.6 Å². The first-order valence-corrected chi connectivity index (χ1v) is 4.73. The van der Waals surface area contributed by atoms with Crippen LogP contribution < -0.4 is 0 Å². The highest BCUT2D eigenvalue weighted by Gasteiger charge is 2.41. The van der Waals surface area contributed by atoms with E-state index in [-0.39, 0.29) is 5.60 Å². The third kappa shape index (κ3) is 2.43. The van der Waals surface area contributed by atoms with Crippen molar-refractivity contribution in [2.75, 3.05) is 13.2 Å². The molecule has 0 amide bonds. The predicted octanol–water partition coefficient (Wildman–Crippen LogP) is 1.87. The summed E-state index contributed by atoms with van der Waals surface area (Å²) in [7, 11) is 0. The molecule has 0 spiro atoms. The minimum absolute atomic E-state index is 0.233. The van der Waals surface area contributed by atoms with E-state index >= 15 is 0 Å². The first kappa shape index (κ1) is 10.5. The van der Waals surface area contributed by atoms with Crippen LogP contribution in [-0.2, 0) is 9.47 Å². The topological polar surface area (TPSA) is 42.2 Å². The summed E-state index contributed by atoms with van der Waals surface area (Å²) in [6, 6.07) is 2.27. The van der Waals surface area contributed by atoms with Crippen molar-refractivity contribution in [3.8, 4) is 6.07 Å². The van der Waals surface area contributed by atoms with Gasteiger partial charge in [-0.3, -0.25) is 0 Å². The van der Waals surface area contributed by atoms with E-state index in [1.807, 2.05) is 20.8 Å². The molecule has 1 aliphatic rings. The van der Waals surface area contributed by atoms with Crippen molar-refractivity contribution in [2.45, 2.75) is 44.8 Å². The second-order valence-electron chi connectivity index (χ2n) is 4.07. The fraction of sp³-hybridized carbons (Fsp3) is 0.900. The van der Waals surface area contributed by atoms with Gasteiger partial charge in [-0.05, 0) is 20.8 Å². The average Bonchev–Trinajstić information content (AvgIpc) is 2.03. The SMILES string of the molecule is CCOC1(C#N)CCOC(C)(C)C1. The van der Waals surface area contributed by atoms with Gasteiger partial charge in [0, 0.05) is 19.4 Å². The number of hydrogen-bond donors (Lipinski definition) is 0. The number of hydrogen-bond acceptors (Lipinski definition) is 3. The van der Waals surface area contributed by atoms with E-state index in [4.69, 9.17) is 14.7 Å². The zero-order valence-electron chi connectivity index (χ0n) is 8.59. The highest BCUT2D eigenvalue weighted by atomic mass is 16.5. The van der Waals surface area contributed by atoms with E-state index in [1.54, 1.807) is 0 Å². The molecule has 13 heavy (non-hydrogen) atoms. The lowest BCUT2D eigenvalue weighted by Crippen LogP contribution is -2.46. The maximum atomic E-state index is 9.07. The first-order valence-electron chi connectivity index (χ1n) is 4.73. The van der Waals surface area contributed by atoms with Gasteiger partial charge >= 0.3 is 0 Å². The monoisotopic (exact) mass is 183 g/mol. The molecule has 0 saturated carbocycles. The van der Waals surface area contributed by atoms with Crippen LogP contribution in [0, 0.1) is 11.3 Å². The van der Waals surface area contributed by atoms with E-state index in [2.05, 4.69) is 6.07 Å². The van der Waals surface area contributed by atoms with Crippen molar-refractivity contribution >= 4 is 0 Å². The van der Waals surface area contributed by atoms with Gasteiger partial charge in [0.25, 0.3) is 0 Å². The van der Waals surface area contributed by atoms with E-state index in [1.165, 1.54) is 0 Å². The van der Waals surface area contributed by atoms with Crippen molar-refractivity contribution in [3.63, 3.8) is 0 Å². The number of nitriles is 1. The fourth-order valence-corrected chi connectivity index (χ4v) is 1.85. The normalized spacial score (nSPS) is 32.5. The zero-order chi connectivity index (χ0) is 9.95. The van der Waals surface area contributed by atoms with Crippen LogP contribution in [0.15, 0.2) is 0 Å². The minimum Gasteiger partial charge on any atom is -0.375 e. The van der Waals surface area contributed by atoms with Gasteiger partial charge in [0.1, 0.15) is 0 Å². The van der Waals surface area contributed by atoms with Gasteiger partial charge in [-0.2, -0.15) is 5.26 Å². The van der Waals surface area contributed by atoms with Crippen LogP contribution in [0.25, 0.3) is 0 Å². The number of ether oxygens (including phenoxy) is 2. The van der Waals surface area contributed by atoms with Crippen LogP contribution in [0.3, 0.4) is 0 Å². The Balaban J connectivity index is 2.71. The Morgan fingerprint density at radius 1 is 1.54 bits per heavy atom. The van der Waals surface area contributed by atoms with E-state index in [0.717, 1.165) is 0 Å². The second kappa shape index (κ2) is 3.65. The molecule has 1 atom stereocenters.